The summed E-state index contributed by atoms with van der Waals surface area (Å²) in [4.78, 5) is 1.64. The van der Waals surface area contributed by atoms with E-state index in [-0.39, 0.29) is 0 Å². The van der Waals surface area contributed by atoms with E-state index >= 15 is 0 Å². The van der Waals surface area contributed by atoms with E-state index in [1.54, 1.807) is 35.2 Å². The average Bonchev–Trinajstić information content (AvgIpc) is 2.15. The second-order valence-corrected chi connectivity index (χ2v) is 4.42. The molecule has 0 unspecified atom stereocenters. The van der Waals surface area contributed by atoms with E-state index in [1.165, 1.54) is 0 Å². The normalized spacial score (nSPS) is 11.1. The highest BCUT2D eigenvalue weighted by molar-refractivity contribution is 7.88. The molecule has 0 saturated carbocycles. The monoisotopic (exact) mass is 231 g/mol. The number of benzene rings is 1. The van der Waals surface area contributed by atoms with Crippen LogP contribution in [0.15, 0.2) is 30.3 Å². The van der Waals surface area contributed by atoms with Crippen LogP contribution in [0.25, 0.3) is 0 Å². The molecule has 15 heavy (non-hydrogen) atoms. The van der Waals surface area contributed by atoms with Gasteiger partial charge in [0, 0.05) is 0 Å². The summed E-state index contributed by atoms with van der Waals surface area (Å²) in [5, 5.41) is 9.09. The molecule has 1 rings (SSSR count). The van der Waals surface area contributed by atoms with Crippen molar-refractivity contribution in [2.24, 2.45) is 0 Å². The Morgan fingerprint density at radius 3 is 2.47 bits per heavy atom. The molecular formula is C7H10BNO5S. The molecule has 0 aliphatic rings. The minimum Gasteiger partial charge on any atom is -0.511 e. The Labute approximate surface area is 88.0 Å². The Morgan fingerprint density at radius 2 is 1.93 bits per heavy atom. The fourth-order valence-corrected chi connectivity index (χ4v) is 1.03. The molecule has 8 heteroatoms. The topological polar surface area (TPSA) is 84.9 Å². The van der Waals surface area contributed by atoms with Crippen molar-refractivity contribution in [1.82, 2.24) is 4.89 Å². The fraction of sp³-hybridized carbons (Fsp3) is 0.143. The summed E-state index contributed by atoms with van der Waals surface area (Å²) in [7, 11) is -5.22. The zero-order valence-electron chi connectivity index (χ0n) is 7.95. The number of nitrogens with one attached hydrogen (secondary N) is 1. The molecule has 1 aromatic rings. The summed E-state index contributed by atoms with van der Waals surface area (Å²) in [5.41, 5.74) is 0. The smallest absolute Gasteiger partial charge is 0.511 e. The van der Waals surface area contributed by atoms with Crippen LogP contribution in [0.2, 0.25) is 0 Å². The molecule has 0 spiro atoms. The lowest BCUT2D eigenvalue weighted by atomic mass is 10.2. The molecule has 1 aromatic carbocycles. The molecule has 6 nitrogen and oxygen atoms in total. The first kappa shape index (κ1) is 12.0. The summed E-state index contributed by atoms with van der Waals surface area (Å²) < 4.78 is 30.3. The van der Waals surface area contributed by atoms with Gasteiger partial charge < -0.3 is 9.68 Å². The molecule has 0 aliphatic heterocycles. The Bertz CT molecular complexity index is 395. The maximum atomic E-state index is 10.6. The minimum atomic E-state index is -3.52. The highest BCUT2D eigenvalue weighted by atomic mass is 32.2. The van der Waals surface area contributed by atoms with Gasteiger partial charge in [-0.15, -0.1) is 4.89 Å². The van der Waals surface area contributed by atoms with Gasteiger partial charge in [-0.05, 0) is 12.1 Å². The van der Waals surface area contributed by atoms with Crippen molar-refractivity contribution in [3.8, 4) is 5.75 Å². The van der Waals surface area contributed by atoms with Crippen molar-refractivity contribution in [3.63, 3.8) is 0 Å². The van der Waals surface area contributed by atoms with Crippen molar-refractivity contribution in [2.75, 3.05) is 6.26 Å². The van der Waals surface area contributed by atoms with Gasteiger partial charge in [0.15, 0.2) is 0 Å². The highest BCUT2D eigenvalue weighted by Crippen LogP contribution is 2.08. The third-order valence-electron chi connectivity index (χ3n) is 1.28. The Kier molecular flexibility index (Phi) is 4.10. The van der Waals surface area contributed by atoms with E-state index in [4.69, 9.17) is 9.68 Å². The van der Waals surface area contributed by atoms with Gasteiger partial charge in [-0.2, -0.15) is 0 Å². The van der Waals surface area contributed by atoms with Gasteiger partial charge in [-0.3, -0.25) is 4.76 Å². The fourth-order valence-electron chi connectivity index (χ4n) is 0.768. The number of sulfonamides is 1. The molecule has 0 saturated heterocycles. The lowest BCUT2D eigenvalue weighted by Crippen LogP contribution is -2.36. The molecule has 0 atom stereocenters. The predicted molar refractivity (Wildman–Crippen MR) is 54.1 cm³/mol. The van der Waals surface area contributed by atoms with E-state index in [1.807, 2.05) is 0 Å². The van der Waals surface area contributed by atoms with Gasteiger partial charge >= 0.3 is 7.32 Å². The summed E-state index contributed by atoms with van der Waals surface area (Å²) in [6.45, 7) is 0. The van der Waals surface area contributed by atoms with Crippen LogP contribution in [-0.4, -0.2) is 27.0 Å². The molecule has 0 heterocycles. The number of rotatable bonds is 5. The van der Waals surface area contributed by atoms with Crippen LogP contribution in [0, 0.1) is 0 Å². The Balaban J connectivity index is 2.40. The molecule has 0 aromatic heterocycles. The molecule has 0 radical (unpaired) electrons. The van der Waals surface area contributed by atoms with Gasteiger partial charge in [0.05, 0.1) is 6.26 Å². The van der Waals surface area contributed by atoms with Crippen molar-refractivity contribution >= 4 is 17.3 Å². The van der Waals surface area contributed by atoms with Crippen LogP contribution in [0.1, 0.15) is 0 Å². The summed E-state index contributed by atoms with van der Waals surface area (Å²) in [5.74, 6) is 0.361. The Hall–Kier alpha value is -1.09. The van der Waals surface area contributed by atoms with E-state index in [0.717, 1.165) is 6.26 Å². The summed E-state index contributed by atoms with van der Waals surface area (Å²) in [6.07, 6.45) is 0.891. The summed E-state index contributed by atoms with van der Waals surface area (Å²) >= 11 is 0. The lowest BCUT2D eigenvalue weighted by molar-refractivity contribution is 0.162. The standard InChI is InChI=1S/C7H10BNO5S/c1-15(11,12)9-14-8(10)13-7-5-3-2-4-6-7/h2-6,9-10H,1H3. The predicted octanol–water partition coefficient (Wildman–Crippen LogP) is -0.477. The molecule has 0 amide bonds. The SMILES string of the molecule is CS(=O)(=O)NOB(O)Oc1ccccc1. The largest absolute Gasteiger partial charge is 0.728 e. The minimum absolute atomic E-state index is 0.361. The highest BCUT2D eigenvalue weighted by Gasteiger charge is 2.20. The zero-order chi connectivity index (χ0) is 11.3. The second kappa shape index (κ2) is 5.12. The lowest BCUT2D eigenvalue weighted by Gasteiger charge is -2.08. The van der Waals surface area contributed by atoms with Crippen molar-refractivity contribution in [1.29, 1.82) is 0 Å². The van der Waals surface area contributed by atoms with E-state index in [2.05, 4.69) is 4.76 Å². The molecular weight excluding hydrogens is 221 g/mol. The van der Waals surface area contributed by atoms with E-state index in [9.17, 15) is 8.42 Å². The maximum absolute atomic E-state index is 10.6. The van der Waals surface area contributed by atoms with Crippen LogP contribution in [0.5, 0.6) is 5.75 Å². The first-order valence-electron chi connectivity index (χ1n) is 3.99. The quantitative estimate of drug-likeness (QED) is 0.528. The van der Waals surface area contributed by atoms with Crippen LogP contribution >= 0.6 is 0 Å². The molecule has 82 valence electrons. The van der Waals surface area contributed by atoms with Gasteiger partial charge in [-0.1, -0.05) is 18.2 Å². The van der Waals surface area contributed by atoms with Crippen molar-refractivity contribution in [3.05, 3.63) is 30.3 Å². The van der Waals surface area contributed by atoms with Crippen molar-refractivity contribution < 1.29 is 22.9 Å². The summed E-state index contributed by atoms with van der Waals surface area (Å²) in [6, 6.07) is 8.35. The second-order valence-electron chi connectivity index (χ2n) is 2.71. The Morgan fingerprint density at radius 1 is 1.33 bits per heavy atom. The van der Waals surface area contributed by atoms with Gasteiger partial charge in [-0.25, -0.2) is 8.42 Å². The van der Waals surface area contributed by atoms with Gasteiger partial charge in [0.1, 0.15) is 5.75 Å². The first-order valence-corrected chi connectivity index (χ1v) is 5.89. The number of hydrogen-bond acceptors (Lipinski definition) is 5. The number of hydrogen-bond donors (Lipinski definition) is 2. The van der Waals surface area contributed by atoms with Crippen LogP contribution < -0.4 is 9.54 Å². The molecule has 0 fully saturated rings. The van der Waals surface area contributed by atoms with Crippen molar-refractivity contribution in [2.45, 2.75) is 0 Å². The molecule has 0 aliphatic carbocycles. The zero-order valence-corrected chi connectivity index (χ0v) is 8.77. The molecule has 2 N–H and O–H groups in total. The molecule has 0 bridgehead atoms. The average molecular weight is 231 g/mol. The number of para-hydroxylation sites is 1. The maximum Gasteiger partial charge on any atom is 0.728 e. The van der Waals surface area contributed by atoms with Gasteiger partial charge in [0.2, 0.25) is 10.0 Å². The van der Waals surface area contributed by atoms with Crippen LogP contribution in [0.3, 0.4) is 0 Å². The van der Waals surface area contributed by atoms with E-state index in [0.29, 0.717) is 5.75 Å². The van der Waals surface area contributed by atoms with E-state index < -0.39 is 17.3 Å². The third kappa shape index (κ3) is 5.38. The third-order valence-corrected chi connectivity index (χ3v) is 1.68. The van der Waals surface area contributed by atoms with Crippen LogP contribution in [-0.2, 0) is 14.8 Å². The first-order chi connectivity index (χ1) is 6.97. The van der Waals surface area contributed by atoms with Crippen LogP contribution in [0.4, 0.5) is 0 Å². The van der Waals surface area contributed by atoms with Gasteiger partial charge in [0.25, 0.3) is 0 Å².